The zero-order valence-corrected chi connectivity index (χ0v) is 14.3. The van der Waals surface area contributed by atoms with Gasteiger partial charge in [0, 0.05) is 19.8 Å². The van der Waals surface area contributed by atoms with Crippen LogP contribution in [0.1, 0.15) is 32.6 Å². The summed E-state index contributed by atoms with van der Waals surface area (Å²) in [5.74, 6) is 0.821. The van der Waals surface area contributed by atoms with Crippen molar-refractivity contribution in [1.82, 2.24) is 19.5 Å². The average molecular weight is 335 g/mol. The third-order valence-corrected chi connectivity index (χ3v) is 4.26. The molecule has 0 atom stereocenters. The fourth-order valence-electron chi connectivity index (χ4n) is 2.86. The predicted octanol–water partition coefficient (Wildman–Crippen LogP) is 2.02. The number of nitrogens with zero attached hydrogens (tertiary/aromatic N) is 4. The van der Waals surface area contributed by atoms with Gasteiger partial charge in [0.25, 0.3) is 6.01 Å². The van der Waals surface area contributed by atoms with Gasteiger partial charge in [-0.15, -0.1) is 0 Å². The molecule has 0 aromatic carbocycles. The topological polar surface area (TPSA) is 97.3 Å². The summed E-state index contributed by atoms with van der Waals surface area (Å²) in [6, 6.07) is 0.799. The third kappa shape index (κ3) is 3.53. The van der Waals surface area contributed by atoms with Crippen molar-refractivity contribution in [2.45, 2.75) is 39.2 Å². The van der Waals surface area contributed by atoms with Crippen molar-refractivity contribution in [2.24, 2.45) is 5.92 Å². The molecule has 8 nitrogen and oxygen atoms in total. The summed E-state index contributed by atoms with van der Waals surface area (Å²) in [5.41, 5.74) is 7.27. The van der Waals surface area contributed by atoms with Crippen LogP contribution in [-0.2, 0) is 11.3 Å². The second kappa shape index (κ2) is 7.65. The summed E-state index contributed by atoms with van der Waals surface area (Å²) in [6.07, 6.45) is 4.03. The van der Waals surface area contributed by atoms with Gasteiger partial charge < -0.3 is 19.9 Å². The lowest BCUT2D eigenvalue weighted by atomic mass is 10.0. The number of hydrogen-bond acceptors (Lipinski definition) is 7. The second-order valence-electron chi connectivity index (χ2n) is 6.03. The Morgan fingerprint density at radius 1 is 1.25 bits per heavy atom. The number of hydrogen-bond donors (Lipinski definition) is 1. The van der Waals surface area contributed by atoms with Gasteiger partial charge in [-0.1, -0.05) is 13.3 Å². The molecule has 1 fully saturated rings. The van der Waals surface area contributed by atoms with Gasteiger partial charge in [-0.05, 0) is 25.2 Å². The molecule has 1 saturated heterocycles. The Hall–Kier alpha value is -2.09. The van der Waals surface area contributed by atoms with Crippen LogP contribution in [-0.4, -0.2) is 46.4 Å². The number of methoxy groups -OCH3 is 1. The molecular weight excluding hydrogens is 310 g/mol. The molecule has 1 aliphatic rings. The number of unbranched alkanes of at least 4 members (excludes halogenated alkanes) is 1. The summed E-state index contributed by atoms with van der Waals surface area (Å²) in [4.78, 5) is 13.2. The molecule has 0 radical (unpaired) electrons. The summed E-state index contributed by atoms with van der Waals surface area (Å²) < 4.78 is 18.4. The summed E-state index contributed by atoms with van der Waals surface area (Å²) >= 11 is 0. The maximum atomic E-state index is 6.05. The largest absolute Gasteiger partial charge is 0.468 e. The molecule has 0 bridgehead atoms. The van der Waals surface area contributed by atoms with E-state index in [9.17, 15) is 0 Å². The Bertz CT molecular complexity index is 682. The number of anilines is 1. The molecule has 24 heavy (non-hydrogen) atoms. The molecule has 2 aromatic rings. The van der Waals surface area contributed by atoms with Crippen LogP contribution >= 0.6 is 0 Å². The zero-order chi connectivity index (χ0) is 16.9. The van der Waals surface area contributed by atoms with E-state index in [4.69, 9.17) is 19.9 Å². The number of nitrogens with two attached hydrogens (primary N) is 1. The van der Waals surface area contributed by atoms with Crippen molar-refractivity contribution in [1.29, 1.82) is 0 Å². The van der Waals surface area contributed by atoms with Crippen molar-refractivity contribution in [3.05, 3.63) is 0 Å². The van der Waals surface area contributed by atoms with Crippen LogP contribution in [0.25, 0.3) is 11.2 Å². The van der Waals surface area contributed by atoms with Crippen molar-refractivity contribution < 1.29 is 14.2 Å². The summed E-state index contributed by atoms with van der Waals surface area (Å²) in [5, 5.41) is 0. The Kier molecular flexibility index (Phi) is 5.34. The van der Waals surface area contributed by atoms with Gasteiger partial charge in [0.2, 0.25) is 0 Å². The molecule has 2 N–H and O–H groups in total. The van der Waals surface area contributed by atoms with Crippen LogP contribution in [0.5, 0.6) is 12.0 Å². The van der Waals surface area contributed by atoms with Crippen molar-refractivity contribution in [2.75, 3.05) is 32.7 Å². The average Bonchev–Trinajstić information content (AvgIpc) is 2.94. The maximum Gasteiger partial charge on any atom is 0.320 e. The van der Waals surface area contributed by atoms with Crippen molar-refractivity contribution >= 4 is 17.0 Å². The van der Waals surface area contributed by atoms with Gasteiger partial charge in [-0.3, -0.25) is 4.57 Å². The maximum absolute atomic E-state index is 6.05. The van der Waals surface area contributed by atoms with E-state index in [1.807, 2.05) is 4.57 Å². The fourth-order valence-corrected chi connectivity index (χ4v) is 2.86. The number of rotatable bonds is 7. The molecule has 3 rings (SSSR count). The molecule has 0 amide bonds. The monoisotopic (exact) mass is 335 g/mol. The van der Waals surface area contributed by atoms with Crippen molar-refractivity contribution in [3.8, 4) is 12.0 Å². The minimum Gasteiger partial charge on any atom is -0.468 e. The van der Waals surface area contributed by atoms with E-state index in [0.29, 0.717) is 41.5 Å². The molecule has 2 aromatic heterocycles. The second-order valence-corrected chi connectivity index (χ2v) is 6.03. The highest BCUT2D eigenvalue weighted by Crippen LogP contribution is 2.28. The highest BCUT2D eigenvalue weighted by atomic mass is 16.5. The van der Waals surface area contributed by atoms with Gasteiger partial charge >= 0.3 is 6.01 Å². The summed E-state index contributed by atoms with van der Waals surface area (Å²) in [6.45, 7) is 5.04. The molecule has 132 valence electrons. The van der Waals surface area contributed by atoms with E-state index < -0.39 is 0 Å². The van der Waals surface area contributed by atoms with Crippen LogP contribution < -0.4 is 15.2 Å². The Morgan fingerprint density at radius 2 is 2.04 bits per heavy atom. The third-order valence-electron chi connectivity index (χ3n) is 4.26. The van der Waals surface area contributed by atoms with Crippen LogP contribution in [0.4, 0.5) is 5.82 Å². The van der Waals surface area contributed by atoms with E-state index in [0.717, 1.165) is 45.4 Å². The number of aromatic nitrogens is 4. The first kappa shape index (κ1) is 16.8. The van der Waals surface area contributed by atoms with E-state index >= 15 is 0 Å². The molecule has 3 heterocycles. The van der Waals surface area contributed by atoms with Crippen LogP contribution in [0.15, 0.2) is 0 Å². The predicted molar refractivity (Wildman–Crippen MR) is 90.2 cm³/mol. The Balaban J connectivity index is 1.92. The fraction of sp³-hybridized carbons (Fsp3) is 0.688. The molecule has 0 unspecified atom stereocenters. The Morgan fingerprint density at radius 3 is 2.75 bits per heavy atom. The van der Waals surface area contributed by atoms with Gasteiger partial charge in [-0.25, -0.2) is 0 Å². The van der Waals surface area contributed by atoms with Gasteiger partial charge in [0.15, 0.2) is 17.0 Å². The smallest absolute Gasteiger partial charge is 0.320 e. The first-order valence-electron chi connectivity index (χ1n) is 8.51. The van der Waals surface area contributed by atoms with E-state index in [-0.39, 0.29) is 0 Å². The van der Waals surface area contributed by atoms with E-state index in [1.54, 1.807) is 7.11 Å². The zero-order valence-electron chi connectivity index (χ0n) is 14.3. The minimum atomic E-state index is 0.296. The lowest BCUT2D eigenvalue weighted by molar-refractivity contribution is 0.0608. The molecule has 1 aliphatic heterocycles. The van der Waals surface area contributed by atoms with Crippen LogP contribution in [0, 0.1) is 5.92 Å². The highest BCUT2D eigenvalue weighted by molar-refractivity contribution is 5.83. The van der Waals surface area contributed by atoms with Gasteiger partial charge in [-0.2, -0.15) is 15.0 Å². The van der Waals surface area contributed by atoms with Crippen LogP contribution in [0.3, 0.4) is 0 Å². The molecular formula is C16H25N5O3. The normalized spacial score (nSPS) is 15.8. The molecule has 0 saturated carbocycles. The van der Waals surface area contributed by atoms with E-state index in [1.165, 1.54) is 0 Å². The summed E-state index contributed by atoms with van der Waals surface area (Å²) in [7, 11) is 1.60. The SMILES string of the molecule is CCCCOc1nc(N)c2nc(OC)n(CC3CCOCC3)c2n1. The number of imidazole rings is 1. The number of ether oxygens (including phenoxy) is 3. The first-order valence-corrected chi connectivity index (χ1v) is 8.51. The first-order chi connectivity index (χ1) is 11.7. The molecule has 0 spiro atoms. The minimum absolute atomic E-state index is 0.296. The Labute approximate surface area is 141 Å². The number of nitrogen functional groups attached to an aromatic ring is 1. The van der Waals surface area contributed by atoms with Gasteiger partial charge in [0.1, 0.15) is 0 Å². The number of fused-ring (bicyclic) bond motifs is 1. The quantitative estimate of drug-likeness (QED) is 0.773. The molecule has 0 aliphatic carbocycles. The van der Waals surface area contributed by atoms with Gasteiger partial charge in [0.05, 0.1) is 13.7 Å². The van der Waals surface area contributed by atoms with E-state index in [2.05, 4.69) is 21.9 Å². The molecule has 8 heteroatoms. The van der Waals surface area contributed by atoms with Crippen LogP contribution in [0.2, 0.25) is 0 Å². The standard InChI is InChI=1S/C16H25N5O3/c1-3-4-7-24-15-19-13(17)12-14(20-15)21(16(18-12)22-2)10-11-5-8-23-9-6-11/h11H,3-10H2,1-2H3,(H2,17,19,20). The lowest BCUT2D eigenvalue weighted by Crippen LogP contribution is -2.21. The lowest BCUT2D eigenvalue weighted by Gasteiger charge is -2.22. The highest BCUT2D eigenvalue weighted by Gasteiger charge is 2.22. The van der Waals surface area contributed by atoms with Crippen molar-refractivity contribution in [3.63, 3.8) is 0 Å².